The summed E-state index contributed by atoms with van der Waals surface area (Å²) in [6.07, 6.45) is -4.06. The van der Waals surface area contributed by atoms with Crippen molar-refractivity contribution in [2.24, 2.45) is 0 Å². The third-order valence-corrected chi connectivity index (χ3v) is 4.74. The number of aliphatic hydroxyl groups excluding tert-OH is 2. The highest BCUT2D eigenvalue weighted by atomic mass is 16.6. The number of hydrogen-bond acceptors (Lipinski definition) is 6. The second-order valence-corrected chi connectivity index (χ2v) is 7.04. The summed E-state index contributed by atoms with van der Waals surface area (Å²) in [4.78, 5) is 11.6. The quantitative estimate of drug-likeness (QED) is 0.618. The van der Waals surface area contributed by atoms with Crippen molar-refractivity contribution in [1.82, 2.24) is 5.32 Å². The van der Waals surface area contributed by atoms with E-state index in [4.69, 9.17) is 14.2 Å². The first-order valence-corrected chi connectivity index (χ1v) is 9.60. The van der Waals surface area contributed by atoms with E-state index in [2.05, 4.69) is 5.32 Å². The molecule has 3 rings (SSSR count). The fourth-order valence-electron chi connectivity index (χ4n) is 3.29. The van der Waals surface area contributed by atoms with Gasteiger partial charge in [0.05, 0.1) is 19.8 Å². The maximum atomic E-state index is 11.6. The van der Waals surface area contributed by atoms with Crippen LogP contribution in [0.2, 0.25) is 0 Å². The first-order chi connectivity index (χ1) is 14.0. The topological polar surface area (TPSA) is 97.3 Å². The molecule has 0 saturated carbocycles. The number of nitrogens with one attached hydrogen (secondary N) is 1. The van der Waals surface area contributed by atoms with Crippen LogP contribution in [0, 0.1) is 0 Å². The van der Waals surface area contributed by atoms with Crippen LogP contribution < -0.4 is 5.32 Å². The zero-order valence-electron chi connectivity index (χ0n) is 16.3. The highest BCUT2D eigenvalue weighted by Crippen LogP contribution is 2.24. The normalized spacial score (nSPS) is 26.8. The lowest BCUT2D eigenvalue weighted by Gasteiger charge is -2.42. The van der Waals surface area contributed by atoms with Gasteiger partial charge in [-0.1, -0.05) is 60.7 Å². The molecule has 0 bridgehead atoms. The van der Waals surface area contributed by atoms with Gasteiger partial charge in [0.25, 0.3) is 0 Å². The summed E-state index contributed by atoms with van der Waals surface area (Å²) in [5, 5.41) is 23.8. The third kappa shape index (κ3) is 6.09. The molecule has 7 nitrogen and oxygen atoms in total. The molecule has 0 aliphatic carbocycles. The molecule has 0 spiro atoms. The first kappa shape index (κ1) is 21.4. The summed E-state index contributed by atoms with van der Waals surface area (Å²) in [7, 11) is 0. The van der Waals surface area contributed by atoms with Crippen LogP contribution in [0.3, 0.4) is 0 Å². The summed E-state index contributed by atoms with van der Waals surface area (Å²) in [5.74, 6) is -0.350. The van der Waals surface area contributed by atoms with Gasteiger partial charge >= 0.3 is 0 Å². The molecule has 5 unspecified atom stereocenters. The van der Waals surface area contributed by atoms with Gasteiger partial charge < -0.3 is 29.7 Å². The zero-order valence-corrected chi connectivity index (χ0v) is 16.3. The standard InChI is InChI=1S/C22H27NO6/c1-15(24)23-19-21(28-13-17-10-6-3-7-11-17)20(25)18(29-22(19)26)14-27-12-16-8-4-2-5-9-16/h2-11,18-22,25-26H,12-14H2,1H3,(H,23,24). The molecule has 29 heavy (non-hydrogen) atoms. The van der Waals surface area contributed by atoms with Gasteiger partial charge in [-0.25, -0.2) is 0 Å². The largest absolute Gasteiger partial charge is 0.388 e. The maximum Gasteiger partial charge on any atom is 0.217 e. The predicted octanol–water partition coefficient (Wildman–Crippen LogP) is 1.37. The molecule has 156 valence electrons. The second kappa shape index (κ2) is 10.5. The van der Waals surface area contributed by atoms with E-state index < -0.39 is 30.6 Å². The lowest BCUT2D eigenvalue weighted by molar-refractivity contribution is -0.266. The van der Waals surface area contributed by atoms with E-state index in [0.717, 1.165) is 11.1 Å². The molecular formula is C22H27NO6. The minimum atomic E-state index is -1.33. The molecule has 2 aromatic carbocycles. The monoisotopic (exact) mass is 401 g/mol. The summed E-state index contributed by atoms with van der Waals surface area (Å²) >= 11 is 0. The minimum absolute atomic E-state index is 0.0745. The van der Waals surface area contributed by atoms with Crippen LogP contribution in [-0.2, 0) is 32.2 Å². The Balaban J connectivity index is 1.64. The molecular weight excluding hydrogens is 374 g/mol. The minimum Gasteiger partial charge on any atom is -0.388 e. The molecule has 1 aliphatic heterocycles. The molecule has 1 amide bonds. The number of benzene rings is 2. The van der Waals surface area contributed by atoms with Gasteiger partial charge in [-0.15, -0.1) is 0 Å². The second-order valence-electron chi connectivity index (χ2n) is 7.04. The molecule has 2 aromatic rings. The van der Waals surface area contributed by atoms with E-state index >= 15 is 0 Å². The average Bonchev–Trinajstić information content (AvgIpc) is 2.72. The van der Waals surface area contributed by atoms with E-state index in [0.29, 0.717) is 6.61 Å². The predicted molar refractivity (Wildman–Crippen MR) is 106 cm³/mol. The lowest BCUT2D eigenvalue weighted by atomic mass is 9.96. The number of carbonyl (C=O) groups excluding carboxylic acids is 1. The summed E-state index contributed by atoms with van der Waals surface area (Å²) < 4.78 is 17.1. The zero-order chi connectivity index (χ0) is 20.6. The molecule has 0 aromatic heterocycles. The van der Waals surface area contributed by atoms with Crippen molar-refractivity contribution in [3.63, 3.8) is 0 Å². The van der Waals surface area contributed by atoms with Crippen molar-refractivity contribution in [3.05, 3.63) is 71.8 Å². The maximum absolute atomic E-state index is 11.6. The van der Waals surface area contributed by atoms with Crippen molar-refractivity contribution >= 4 is 5.91 Å². The fraction of sp³-hybridized carbons (Fsp3) is 0.409. The number of carbonyl (C=O) groups is 1. The van der Waals surface area contributed by atoms with Crippen LogP contribution in [-0.4, -0.2) is 53.4 Å². The van der Waals surface area contributed by atoms with Crippen molar-refractivity contribution in [2.45, 2.75) is 50.8 Å². The Labute approximate surface area is 170 Å². The van der Waals surface area contributed by atoms with Crippen LogP contribution >= 0.6 is 0 Å². The van der Waals surface area contributed by atoms with Gasteiger partial charge in [0.15, 0.2) is 6.29 Å². The summed E-state index contributed by atoms with van der Waals surface area (Å²) in [6.45, 7) is 1.99. The molecule has 1 fully saturated rings. The fourth-order valence-corrected chi connectivity index (χ4v) is 3.29. The van der Waals surface area contributed by atoms with Gasteiger partial charge in [0.2, 0.25) is 5.91 Å². The Hall–Kier alpha value is -2.29. The Kier molecular flexibility index (Phi) is 7.74. The number of hydrogen-bond donors (Lipinski definition) is 3. The Morgan fingerprint density at radius 2 is 1.59 bits per heavy atom. The van der Waals surface area contributed by atoms with E-state index in [-0.39, 0.29) is 19.1 Å². The van der Waals surface area contributed by atoms with E-state index in [1.807, 2.05) is 60.7 Å². The molecule has 1 saturated heterocycles. The highest BCUT2D eigenvalue weighted by Gasteiger charge is 2.46. The molecule has 1 heterocycles. The van der Waals surface area contributed by atoms with Crippen LogP contribution in [0.1, 0.15) is 18.1 Å². The summed E-state index contributed by atoms with van der Waals surface area (Å²) in [6, 6.07) is 18.2. The van der Waals surface area contributed by atoms with Crippen LogP contribution in [0.5, 0.6) is 0 Å². The van der Waals surface area contributed by atoms with Gasteiger partial charge in [0.1, 0.15) is 24.4 Å². The number of rotatable bonds is 8. The van der Waals surface area contributed by atoms with Gasteiger partial charge in [-0.3, -0.25) is 4.79 Å². The summed E-state index contributed by atoms with van der Waals surface area (Å²) in [5.41, 5.74) is 1.91. The number of aliphatic hydroxyl groups is 2. The van der Waals surface area contributed by atoms with Gasteiger partial charge in [0, 0.05) is 6.92 Å². The van der Waals surface area contributed by atoms with Crippen LogP contribution in [0.15, 0.2) is 60.7 Å². The molecule has 3 N–H and O–H groups in total. The average molecular weight is 401 g/mol. The first-order valence-electron chi connectivity index (χ1n) is 9.60. The molecule has 0 radical (unpaired) electrons. The van der Waals surface area contributed by atoms with Gasteiger partial charge in [-0.2, -0.15) is 0 Å². The van der Waals surface area contributed by atoms with Crippen molar-refractivity contribution in [2.75, 3.05) is 6.61 Å². The lowest BCUT2D eigenvalue weighted by Crippen LogP contribution is -2.64. The van der Waals surface area contributed by atoms with E-state index in [1.165, 1.54) is 6.92 Å². The smallest absolute Gasteiger partial charge is 0.217 e. The van der Waals surface area contributed by atoms with Gasteiger partial charge in [-0.05, 0) is 11.1 Å². The van der Waals surface area contributed by atoms with Crippen LogP contribution in [0.4, 0.5) is 0 Å². The third-order valence-electron chi connectivity index (χ3n) is 4.74. The van der Waals surface area contributed by atoms with E-state index in [1.54, 1.807) is 0 Å². The Morgan fingerprint density at radius 1 is 1.00 bits per heavy atom. The Morgan fingerprint density at radius 3 is 2.17 bits per heavy atom. The molecule has 1 aliphatic rings. The number of amides is 1. The Bertz CT molecular complexity index is 756. The molecule has 7 heteroatoms. The van der Waals surface area contributed by atoms with Crippen molar-refractivity contribution < 1.29 is 29.2 Å². The highest BCUT2D eigenvalue weighted by molar-refractivity contribution is 5.73. The SMILES string of the molecule is CC(=O)NC1C(O)OC(COCc2ccccc2)C(O)C1OCc1ccccc1. The van der Waals surface area contributed by atoms with Crippen molar-refractivity contribution in [1.29, 1.82) is 0 Å². The van der Waals surface area contributed by atoms with E-state index in [9.17, 15) is 15.0 Å². The number of ether oxygens (including phenoxy) is 3. The van der Waals surface area contributed by atoms with Crippen LogP contribution in [0.25, 0.3) is 0 Å². The van der Waals surface area contributed by atoms with Crippen molar-refractivity contribution in [3.8, 4) is 0 Å². The molecule has 5 atom stereocenters.